The molecule has 0 atom stereocenters. The molecule has 0 aromatic heterocycles. The maximum absolute atomic E-state index is 13.9. The molecule has 3 rings (SSSR count). The van der Waals surface area contributed by atoms with Crippen molar-refractivity contribution in [1.29, 1.82) is 0 Å². The van der Waals surface area contributed by atoms with Crippen molar-refractivity contribution in [2.45, 2.75) is 6.54 Å². The minimum Gasteiger partial charge on any atom is -0.316 e. The summed E-state index contributed by atoms with van der Waals surface area (Å²) in [5, 5.41) is 5.27. The minimum absolute atomic E-state index is 0.211. The first-order valence-corrected chi connectivity index (χ1v) is 7.19. The van der Waals surface area contributed by atoms with Crippen molar-refractivity contribution in [3.8, 4) is 11.1 Å². The number of nitrogens with one attached hydrogen (secondary N) is 1. The summed E-state index contributed by atoms with van der Waals surface area (Å²) in [6.45, 7) is 0.768. The normalized spacial score (nSPS) is 11.0. The molecule has 21 heavy (non-hydrogen) atoms. The average Bonchev–Trinajstić information content (AvgIpc) is 2.49. The quantitative estimate of drug-likeness (QED) is 0.716. The highest BCUT2D eigenvalue weighted by Crippen LogP contribution is 2.35. The predicted octanol–water partition coefficient (Wildman–Crippen LogP) is 5.02. The van der Waals surface area contributed by atoms with Crippen LogP contribution in [-0.4, -0.2) is 7.05 Å². The molecule has 1 nitrogen and oxygen atoms in total. The SMILES string of the molecule is CNCc1ccc(-c2ccc(F)c3ccccc23)c(Cl)c1. The maximum Gasteiger partial charge on any atom is 0.131 e. The van der Waals surface area contributed by atoms with Crippen LogP contribution in [0.5, 0.6) is 0 Å². The number of halogens is 2. The van der Waals surface area contributed by atoms with Crippen LogP contribution in [0.15, 0.2) is 54.6 Å². The van der Waals surface area contributed by atoms with Crippen molar-refractivity contribution in [2.24, 2.45) is 0 Å². The second-order valence-electron chi connectivity index (χ2n) is 4.99. The van der Waals surface area contributed by atoms with Crippen LogP contribution in [0.4, 0.5) is 4.39 Å². The van der Waals surface area contributed by atoms with Crippen LogP contribution in [0.2, 0.25) is 5.02 Å². The van der Waals surface area contributed by atoms with Gasteiger partial charge in [-0.05, 0) is 35.7 Å². The van der Waals surface area contributed by atoms with E-state index in [0.717, 1.165) is 28.6 Å². The Kier molecular flexibility index (Phi) is 3.91. The molecule has 0 aliphatic rings. The predicted molar refractivity (Wildman–Crippen MR) is 87.1 cm³/mol. The van der Waals surface area contributed by atoms with E-state index in [2.05, 4.69) is 5.32 Å². The van der Waals surface area contributed by atoms with Gasteiger partial charge < -0.3 is 5.32 Å². The molecule has 0 unspecified atom stereocenters. The Labute approximate surface area is 128 Å². The molecule has 0 heterocycles. The van der Waals surface area contributed by atoms with Crippen LogP contribution in [0.1, 0.15) is 5.56 Å². The molecule has 3 heteroatoms. The first-order valence-electron chi connectivity index (χ1n) is 6.81. The smallest absolute Gasteiger partial charge is 0.131 e. The molecular weight excluding hydrogens is 285 g/mol. The summed E-state index contributed by atoms with van der Waals surface area (Å²) in [6.07, 6.45) is 0. The van der Waals surface area contributed by atoms with Crippen LogP contribution < -0.4 is 5.32 Å². The average molecular weight is 300 g/mol. The van der Waals surface area contributed by atoms with Crippen LogP contribution in [0.25, 0.3) is 21.9 Å². The summed E-state index contributed by atoms with van der Waals surface area (Å²) in [4.78, 5) is 0. The molecule has 106 valence electrons. The lowest BCUT2D eigenvalue weighted by Crippen LogP contribution is -2.04. The van der Waals surface area contributed by atoms with Crippen molar-refractivity contribution in [3.63, 3.8) is 0 Å². The molecule has 0 radical (unpaired) electrons. The number of hydrogen-bond donors (Lipinski definition) is 1. The third-order valence-electron chi connectivity index (χ3n) is 3.58. The molecule has 0 aliphatic heterocycles. The summed E-state index contributed by atoms with van der Waals surface area (Å²) in [5.41, 5.74) is 3.00. The van der Waals surface area contributed by atoms with Gasteiger partial charge in [-0.15, -0.1) is 0 Å². The van der Waals surface area contributed by atoms with Crippen molar-refractivity contribution < 1.29 is 4.39 Å². The topological polar surface area (TPSA) is 12.0 Å². The Hall–Kier alpha value is -1.90. The molecule has 0 spiro atoms. The highest BCUT2D eigenvalue weighted by molar-refractivity contribution is 6.33. The third kappa shape index (κ3) is 2.65. The molecule has 3 aromatic carbocycles. The first-order chi connectivity index (χ1) is 10.2. The fraction of sp³-hybridized carbons (Fsp3) is 0.111. The van der Waals surface area contributed by atoms with Gasteiger partial charge in [0.25, 0.3) is 0 Å². The summed E-state index contributed by atoms with van der Waals surface area (Å²) in [5.74, 6) is -0.211. The van der Waals surface area contributed by atoms with Crippen molar-refractivity contribution >= 4 is 22.4 Å². The van der Waals surface area contributed by atoms with Crippen molar-refractivity contribution in [2.75, 3.05) is 7.05 Å². The monoisotopic (exact) mass is 299 g/mol. The van der Waals surface area contributed by atoms with Crippen molar-refractivity contribution in [1.82, 2.24) is 5.32 Å². The van der Waals surface area contributed by atoms with E-state index in [4.69, 9.17) is 11.6 Å². The molecule has 0 saturated carbocycles. The van der Waals surface area contributed by atoms with E-state index < -0.39 is 0 Å². The van der Waals surface area contributed by atoms with Crippen LogP contribution in [0.3, 0.4) is 0 Å². The van der Waals surface area contributed by atoms with E-state index in [1.165, 1.54) is 6.07 Å². The molecule has 0 saturated heterocycles. The van der Waals surface area contributed by atoms with Gasteiger partial charge in [-0.25, -0.2) is 4.39 Å². The largest absolute Gasteiger partial charge is 0.316 e. The molecule has 3 aromatic rings. The minimum atomic E-state index is -0.211. The fourth-order valence-corrected chi connectivity index (χ4v) is 2.89. The van der Waals surface area contributed by atoms with Crippen molar-refractivity contribution in [3.05, 3.63) is 71.0 Å². The lowest BCUT2D eigenvalue weighted by Gasteiger charge is -2.11. The van der Waals surface area contributed by atoms with E-state index in [1.807, 2.05) is 43.4 Å². The number of fused-ring (bicyclic) bond motifs is 1. The van der Waals surface area contributed by atoms with Crippen LogP contribution >= 0.6 is 11.6 Å². The Morgan fingerprint density at radius 3 is 2.38 bits per heavy atom. The van der Waals surface area contributed by atoms with E-state index in [1.54, 1.807) is 12.1 Å². The fourth-order valence-electron chi connectivity index (χ4n) is 2.59. The summed E-state index contributed by atoms with van der Waals surface area (Å²) < 4.78 is 13.9. The molecule has 0 bridgehead atoms. The Morgan fingerprint density at radius 2 is 1.67 bits per heavy atom. The molecule has 1 N–H and O–H groups in total. The van der Waals surface area contributed by atoms with E-state index in [9.17, 15) is 4.39 Å². The maximum atomic E-state index is 13.9. The zero-order valence-corrected chi connectivity index (χ0v) is 12.4. The van der Waals surface area contributed by atoms with Crippen LogP contribution in [-0.2, 0) is 6.54 Å². The standard InChI is InChI=1S/C18H15ClFN/c1-21-11-12-6-7-15(17(19)10-12)14-8-9-18(20)16-5-3-2-4-13(14)16/h2-10,21H,11H2,1H3. The Balaban J connectivity index is 2.19. The Morgan fingerprint density at radius 1 is 0.952 bits per heavy atom. The zero-order valence-electron chi connectivity index (χ0n) is 11.7. The van der Waals surface area contributed by atoms with E-state index >= 15 is 0 Å². The molecular formula is C18H15ClFN. The van der Waals surface area contributed by atoms with Gasteiger partial charge in [-0.3, -0.25) is 0 Å². The van der Waals surface area contributed by atoms with Gasteiger partial charge in [-0.1, -0.05) is 54.1 Å². The van der Waals surface area contributed by atoms with Gasteiger partial charge in [0.05, 0.1) is 0 Å². The number of benzene rings is 3. The second kappa shape index (κ2) is 5.84. The summed E-state index contributed by atoms with van der Waals surface area (Å²) in [6, 6.07) is 16.7. The Bertz CT molecular complexity index is 798. The second-order valence-corrected chi connectivity index (χ2v) is 5.39. The van der Waals surface area contributed by atoms with Gasteiger partial charge in [0.1, 0.15) is 5.82 Å². The first kappa shape index (κ1) is 14.1. The number of hydrogen-bond acceptors (Lipinski definition) is 1. The van der Waals surface area contributed by atoms with E-state index in [-0.39, 0.29) is 5.82 Å². The lowest BCUT2D eigenvalue weighted by molar-refractivity contribution is 0.640. The van der Waals surface area contributed by atoms with Gasteiger partial charge in [0, 0.05) is 22.5 Å². The molecule has 0 aliphatic carbocycles. The summed E-state index contributed by atoms with van der Waals surface area (Å²) >= 11 is 6.42. The van der Waals surface area contributed by atoms with Crippen LogP contribution in [0, 0.1) is 5.82 Å². The summed E-state index contributed by atoms with van der Waals surface area (Å²) in [7, 11) is 1.90. The zero-order chi connectivity index (χ0) is 14.8. The van der Waals surface area contributed by atoms with Gasteiger partial charge in [0.2, 0.25) is 0 Å². The highest BCUT2D eigenvalue weighted by atomic mass is 35.5. The van der Waals surface area contributed by atoms with Gasteiger partial charge >= 0.3 is 0 Å². The van der Waals surface area contributed by atoms with Gasteiger partial charge in [-0.2, -0.15) is 0 Å². The molecule has 0 amide bonds. The third-order valence-corrected chi connectivity index (χ3v) is 3.89. The number of rotatable bonds is 3. The van der Waals surface area contributed by atoms with Gasteiger partial charge in [0.15, 0.2) is 0 Å². The van der Waals surface area contributed by atoms with E-state index in [0.29, 0.717) is 10.4 Å². The highest BCUT2D eigenvalue weighted by Gasteiger charge is 2.10. The molecule has 0 fully saturated rings. The lowest BCUT2D eigenvalue weighted by atomic mass is 9.97.